The van der Waals surface area contributed by atoms with Gasteiger partial charge in [-0.2, -0.15) is 4.37 Å². The van der Waals surface area contributed by atoms with Crippen LogP contribution in [0.15, 0.2) is 6.07 Å². The SMILES string of the molecule is CN1CCCC2CN(c3cc(N)ns3)CCC21. The number of hydrogen-bond donors (Lipinski definition) is 1. The summed E-state index contributed by atoms with van der Waals surface area (Å²) >= 11 is 1.53. The standard InChI is InChI=1S/C12H20N4S/c1-15-5-2-3-9-8-16(6-4-10(9)15)12-7-11(13)14-17-12/h7,9-10H,2-6,8H2,1H3,(H2,13,14). The lowest BCUT2D eigenvalue weighted by Gasteiger charge is -2.46. The lowest BCUT2D eigenvalue weighted by Crippen LogP contribution is -2.52. The summed E-state index contributed by atoms with van der Waals surface area (Å²) in [4.78, 5) is 5.01. The van der Waals surface area contributed by atoms with E-state index in [2.05, 4.69) is 21.2 Å². The molecule has 1 aromatic heterocycles. The van der Waals surface area contributed by atoms with Crippen molar-refractivity contribution in [3.05, 3.63) is 6.07 Å². The summed E-state index contributed by atoms with van der Waals surface area (Å²) in [6, 6.07) is 2.81. The van der Waals surface area contributed by atoms with Crippen LogP contribution in [-0.2, 0) is 0 Å². The molecule has 2 fully saturated rings. The van der Waals surface area contributed by atoms with Crippen LogP contribution in [0.1, 0.15) is 19.3 Å². The average Bonchev–Trinajstić information content (AvgIpc) is 2.76. The number of piperidine rings is 2. The van der Waals surface area contributed by atoms with Crippen LogP contribution in [-0.4, -0.2) is 42.0 Å². The Morgan fingerprint density at radius 2 is 2.29 bits per heavy atom. The normalized spacial score (nSPS) is 30.3. The zero-order valence-corrected chi connectivity index (χ0v) is 11.1. The summed E-state index contributed by atoms with van der Waals surface area (Å²) in [6.07, 6.45) is 4.00. The van der Waals surface area contributed by atoms with E-state index in [1.54, 1.807) is 0 Å². The predicted molar refractivity (Wildman–Crippen MR) is 72.5 cm³/mol. The molecule has 0 aromatic carbocycles. The zero-order chi connectivity index (χ0) is 11.8. The number of likely N-dealkylation sites (tertiary alicyclic amines) is 1. The minimum Gasteiger partial charge on any atom is -0.383 e. The van der Waals surface area contributed by atoms with Gasteiger partial charge in [-0.25, -0.2) is 0 Å². The third-order valence-electron chi connectivity index (χ3n) is 4.17. The molecule has 17 heavy (non-hydrogen) atoms. The van der Waals surface area contributed by atoms with Gasteiger partial charge in [0.05, 0.1) is 0 Å². The van der Waals surface area contributed by atoms with E-state index in [4.69, 9.17) is 5.73 Å². The van der Waals surface area contributed by atoms with Crippen molar-refractivity contribution in [3.8, 4) is 0 Å². The van der Waals surface area contributed by atoms with Gasteiger partial charge < -0.3 is 15.5 Å². The van der Waals surface area contributed by atoms with E-state index in [-0.39, 0.29) is 0 Å². The molecular weight excluding hydrogens is 232 g/mol. The van der Waals surface area contributed by atoms with Gasteiger partial charge in [-0.15, -0.1) is 0 Å². The molecule has 3 rings (SSSR count). The second-order valence-corrected chi connectivity index (χ2v) is 6.06. The fourth-order valence-corrected chi connectivity index (χ4v) is 3.99. The molecule has 0 saturated carbocycles. The van der Waals surface area contributed by atoms with E-state index in [1.807, 2.05) is 6.07 Å². The molecule has 2 atom stereocenters. The molecule has 3 heterocycles. The van der Waals surface area contributed by atoms with Gasteiger partial charge in [-0.3, -0.25) is 0 Å². The van der Waals surface area contributed by atoms with Crippen molar-refractivity contribution in [1.82, 2.24) is 9.27 Å². The van der Waals surface area contributed by atoms with Crippen LogP contribution >= 0.6 is 11.5 Å². The number of nitrogens with zero attached hydrogens (tertiary/aromatic N) is 3. The van der Waals surface area contributed by atoms with Crippen LogP contribution in [0, 0.1) is 5.92 Å². The number of hydrogen-bond acceptors (Lipinski definition) is 5. The lowest BCUT2D eigenvalue weighted by atomic mass is 9.84. The van der Waals surface area contributed by atoms with Crippen LogP contribution in [0.4, 0.5) is 10.8 Å². The van der Waals surface area contributed by atoms with Gasteiger partial charge in [0.2, 0.25) is 0 Å². The van der Waals surface area contributed by atoms with Gasteiger partial charge in [0.1, 0.15) is 10.8 Å². The molecule has 2 saturated heterocycles. The highest BCUT2D eigenvalue weighted by molar-refractivity contribution is 7.10. The fourth-order valence-electron chi connectivity index (χ4n) is 3.28. The number of anilines is 2. The third-order valence-corrected chi connectivity index (χ3v) is 5.04. The molecule has 0 bridgehead atoms. The van der Waals surface area contributed by atoms with E-state index in [0.717, 1.165) is 18.5 Å². The van der Waals surface area contributed by atoms with E-state index < -0.39 is 0 Å². The van der Waals surface area contributed by atoms with Crippen LogP contribution in [0.3, 0.4) is 0 Å². The Kier molecular flexibility index (Phi) is 2.96. The van der Waals surface area contributed by atoms with E-state index >= 15 is 0 Å². The minimum absolute atomic E-state index is 0.660. The molecule has 5 heteroatoms. The topological polar surface area (TPSA) is 45.4 Å². The first-order valence-electron chi connectivity index (χ1n) is 6.41. The summed E-state index contributed by atoms with van der Waals surface area (Å²) in [5, 5.41) is 1.24. The van der Waals surface area contributed by atoms with Gasteiger partial charge in [-0.05, 0) is 50.3 Å². The summed E-state index contributed by atoms with van der Waals surface area (Å²) < 4.78 is 4.18. The summed E-state index contributed by atoms with van der Waals surface area (Å²) in [5.74, 6) is 1.48. The second kappa shape index (κ2) is 4.46. The minimum atomic E-state index is 0.660. The number of aromatic nitrogens is 1. The Labute approximate surface area is 107 Å². The quantitative estimate of drug-likeness (QED) is 0.825. The van der Waals surface area contributed by atoms with Crippen LogP contribution < -0.4 is 10.6 Å². The monoisotopic (exact) mass is 252 g/mol. The molecule has 94 valence electrons. The average molecular weight is 252 g/mol. The second-order valence-electron chi connectivity index (χ2n) is 5.27. The molecule has 0 aliphatic carbocycles. The van der Waals surface area contributed by atoms with Gasteiger partial charge in [-0.1, -0.05) is 0 Å². The first-order valence-corrected chi connectivity index (χ1v) is 7.19. The van der Waals surface area contributed by atoms with Gasteiger partial charge in [0, 0.05) is 25.2 Å². The zero-order valence-electron chi connectivity index (χ0n) is 10.3. The molecular formula is C12H20N4S. The Morgan fingerprint density at radius 1 is 1.41 bits per heavy atom. The first-order chi connectivity index (χ1) is 8.24. The maximum Gasteiger partial charge on any atom is 0.139 e. The van der Waals surface area contributed by atoms with Gasteiger partial charge >= 0.3 is 0 Å². The summed E-state index contributed by atoms with van der Waals surface area (Å²) in [7, 11) is 2.27. The van der Waals surface area contributed by atoms with Crippen molar-refractivity contribution in [1.29, 1.82) is 0 Å². The molecule has 0 radical (unpaired) electrons. The summed E-state index contributed by atoms with van der Waals surface area (Å²) in [6.45, 7) is 3.60. The van der Waals surface area contributed by atoms with E-state index in [1.165, 1.54) is 48.9 Å². The van der Waals surface area contributed by atoms with Crippen molar-refractivity contribution < 1.29 is 0 Å². The maximum absolute atomic E-state index is 5.70. The molecule has 0 amide bonds. The molecule has 2 aliphatic rings. The molecule has 4 nitrogen and oxygen atoms in total. The van der Waals surface area contributed by atoms with Crippen molar-refractivity contribution in [2.45, 2.75) is 25.3 Å². The highest BCUT2D eigenvalue weighted by Gasteiger charge is 2.34. The molecule has 2 N–H and O–H groups in total. The Bertz CT molecular complexity index is 392. The lowest BCUT2D eigenvalue weighted by molar-refractivity contribution is 0.103. The van der Waals surface area contributed by atoms with Crippen LogP contribution in [0.5, 0.6) is 0 Å². The first kappa shape index (κ1) is 11.3. The maximum atomic E-state index is 5.70. The highest BCUT2D eigenvalue weighted by Crippen LogP contribution is 2.33. The number of nitrogen functional groups attached to an aromatic ring is 1. The van der Waals surface area contributed by atoms with Crippen LogP contribution in [0.25, 0.3) is 0 Å². The Morgan fingerprint density at radius 3 is 3.06 bits per heavy atom. The third kappa shape index (κ3) is 2.13. The highest BCUT2D eigenvalue weighted by atomic mass is 32.1. The van der Waals surface area contributed by atoms with E-state index in [0.29, 0.717) is 5.82 Å². The van der Waals surface area contributed by atoms with Crippen LogP contribution in [0.2, 0.25) is 0 Å². The number of nitrogens with two attached hydrogens (primary N) is 1. The summed E-state index contributed by atoms with van der Waals surface area (Å²) in [5.41, 5.74) is 5.70. The largest absolute Gasteiger partial charge is 0.383 e. The molecule has 0 spiro atoms. The van der Waals surface area contributed by atoms with Gasteiger partial charge in [0.15, 0.2) is 0 Å². The Hall–Kier alpha value is -0.810. The van der Waals surface area contributed by atoms with Crippen molar-refractivity contribution in [2.75, 3.05) is 37.3 Å². The van der Waals surface area contributed by atoms with Crippen molar-refractivity contribution in [3.63, 3.8) is 0 Å². The smallest absolute Gasteiger partial charge is 0.139 e. The van der Waals surface area contributed by atoms with Crippen molar-refractivity contribution >= 4 is 22.4 Å². The van der Waals surface area contributed by atoms with E-state index in [9.17, 15) is 0 Å². The number of fused-ring (bicyclic) bond motifs is 1. The predicted octanol–water partition coefficient (Wildman–Crippen LogP) is 1.65. The number of rotatable bonds is 1. The molecule has 2 aliphatic heterocycles. The van der Waals surface area contributed by atoms with Gasteiger partial charge in [0.25, 0.3) is 0 Å². The molecule has 2 unspecified atom stereocenters. The molecule has 1 aromatic rings. The Balaban J connectivity index is 1.71. The van der Waals surface area contributed by atoms with Crippen molar-refractivity contribution in [2.24, 2.45) is 5.92 Å². The fraction of sp³-hybridized carbons (Fsp3) is 0.750.